The Kier molecular flexibility index (Phi) is 33.7. The molecule has 0 aromatic rings. The molecular formula is C47H79NO8. The molecule has 9 nitrogen and oxygen atoms in total. The lowest BCUT2D eigenvalue weighted by Crippen LogP contribution is -2.60. The van der Waals surface area contributed by atoms with Crippen molar-refractivity contribution in [2.24, 2.45) is 0 Å². The maximum atomic E-state index is 12.9. The van der Waals surface area contributed by atoms with E-state index in [-0.39, 0.29) is 12.5 Å². The minimum absolute atomic E-state index is 0.220. The Bertz CT molecular complexity index is 1140. The molecule has 320 valence electrons. The van der Waals surface area contributed by atoms with Crippen molar-refractivity contribution in [3.63, 3.8) is 0 Å². The third-order valence-electron chi connectivity index (χ3n) is 9.70. The highest BCUT2D eigenvalue weighted by Crippen LogP contribution is 2.22. The summed E-state index contributed by atoms with van der Waals surface area (Å²) >= 11 is 0. The van der Waals surface area contributed by atoms with E-state index >= 15 is 0 Å². The van der Waals surface area contributed by atoms with Crippen LogP contribution in [-0.4, -0.2) is 87.5 Å². The van der Waals surface area contributed by atoms with E-state index in [1.54, 1.807) is 6.08 Å². The van der Waals surface area contributed by atoms with Gasteiger partial charge < -0.3 is 40.3 Å². The molecule has 0 aromatic heterocycles. The van der Waals surface area contributed by atoms with E-state index in [9.17, 15) is 30.3 Å². The summed E-state index contributed by atoms with van der Waals surface area (Å²) in [4.78, 5) is 12.9. The Balaban J connectivity index is 2.45. The average molecular weight is 786 g/mol. The second-order valence-corrected chi connectivity index (χ2v) is 14.7. The molecule has 0 aliphatic carbocycles. The summed E-state index contributed by atoms with van der Waals surface area (Å²) in [5, 5.41) is 54.0. The topological polar surface area (TPSA) is 149 Å². The highest BCUT2D eigenvalue weighted by Gasteiger charge is 2.44. The third kappa shape index (κ3) is 27.1. The maximum absolute atomic E-state index is 12.9. The maximum Gasteiger partial charge on any atom is 0.220 e. The van der Waals surface area contributed by atoms with Gasteiger partial charge in [0.1, 0.15) is 24.4 Å². The minimum Gasteiger partial charge on any atom is -0.394 e. The molecule has 0 radical (unpaired) electrons. The van der Waals surface area contributed by atoms with Crippen LogP contribution in [0.1, 0.15) is 149 Å². The number of aliphatic hydroxyl groups excluding tert-OH is 5. The van der Waals surface area contributed by atoms with Crippen LogP contribution in [0.2, 0.25) is 0 Å². The van der Waals surface area contributed by atoms with Gasteiger partial charge in [0.15, 0.2) is 6.29 Å². The van der Waals surface area contributed by atoms with E-state index in [1.165, 1.54) is 51.4 Å². The number of allylic oxidation sites excluding steroid dienone is 13. The molecule has 1 saturated heterocycles. The van der Waals surface area contributed by atoms with Crippen molar-refractivity contribution in [2.75, 3.05) is 13.2 Å². The van der Waals surface area contributed by atoms with Crippen molar-refractivity contribution >= 4 is 5.91 Å². The number of aliphatic hydroxyl groups is 5. The van der Waals surface area contributed by atoms with E-state index in [0.717, 1.165) is 70.6 Å². The van der Waals surface area contributed by atoms with E-state index in [4.69, 9.17) is 9.47 Å². The van der Waals surface area contributed by atoms with Crippen molar-refractivity contribution in [3.8, 4) is 0 Å². The van der Waals surface area contributed by atoms with Crippen molar-refractivity contribution in [2.45, 2.75) is 192 Å². The highest BCUT2D eigenvalue weighted by atomic mass is 16.7. The Morgan fingerprint density at radius 2 is 1.12 bits per heavy atom. The highest BCUT2D eigenvalue weighted by molar-refractivity contribution is 5.76. The normalized spacial score (nSPS) is 22.0. The number of amides is 1. The molecule has 1 aliphatic heterocycles. The molecule has 7 unspecified atom stereocenters. The molecule has 1 aliphatic rings. The fourth-order valence-electron chi connectivity index (χ4n) is 6.20. The van der Waals surface area contributed by atoms with E-state index in [0.29, 0.717) is 12.8 Å². The van der Waals surface area contributed by atoms with Crippen molar-refractivity contribution < 1.29 is 39.8 Å². The molecule has 0 bridgehead atoms. The van der Waals surface area contributed by atoms with Crippen LogP contribution in [0.15, 0.2) is 85.1 Å². The van der Waals surface area contributed by atoms with Gasteiger partial charge in [-0.1, -0.05) is 150 Å². The van der Waals surface area contributed by atoms with Crippen molar-refractivity contribution in [1.29, 1.82) is 0 Å². The third-order valence-corrected chi connectivity index (χ3v) is 9.70. The van der Waals surface area contributed by atoms with Gasteiger partial charge >= 0.3 is 0 Å². The second-order valence-electron chi connectivity index (χ2n) is 14.7. The molecule has 6 N–H and O–H groups in total. The first kappa shape index (κ1) is 51.4. The average Bonchev–Trinajstić information content (AvgIpc) is 3.20. The molecule has 1 rings (SSSR count). The van der Waals surface area contributed by atoms with Crippen LogP contribution in [-0.2, 0) is 14.3 Å². The lowest BCUT2D eigenvalue weighted by atomic mass is 9.99. The van der Waals surface area contributed by atoms with Crippen LogP contribution < -0.4 is 5.32 Å². The smallest absolute Gasteiger partial charge is 0.220 e. The fourth-order valence-corrected chi connectivity index (χ4v) is 6.20. The lowest BCUT2D eigenvalue weighted by molar-refractivity contribution is -0.302. The zero-order chi connectivity index (χ0) is 40.9. The number of hydrogen-bond acceptors (Lipinski definition) is 8. The summed E-state index contributed by atoms with van der Waals surface area (Å²) in [7, 11) is 0. The van der Waals surface area contributed by atoms with Crippen LogP contribution in [0.5, 0.6) is 0 Å². The van der Waals surface area contributed by atoms with Gasteiger partial charge in [0.2, 0.25) is 5.91 Å². The number of ether oxygens (including phenoxy) is 2. The molecule has 56 heavy (non-hydrogen) atoms. The number of carbonyl (C=O) groups is 1. The van der Waals surface area contributed by atoms with Crippen LogP contribution in [0.25, 0.3) is 0 Å². The Morgan fingerprint density at radius 3 is 1.71 bits per heavy atom. The van der Waals surface area contributed by atoms with Gasteiger partial charge in [-0.25, -0.2) is 0 Å². The molecule has 1 heterocycles. The van der Waals surface area contributed by atoms with E-state index in [2.05, 4.69) is 92.1 Å². The van der Waals surface area contributed by atoms with Gasteiger partial charge in [-0.3, -0.25) is 4.79 Å². The molecule has 1 amide bonds. The van der Waals surface area contributed by atoms with Gasteiger partial charge in [-0.05, 0) is 77.0 Å². The summed E-state index contributed by atoms with van der Waals surface area (Å²) in [6.07, 6.45) is 43.3. The van der Waals surface area contributed by atoms with Crippen molar-refractivity contribution in [1.82, 2.24) is 5.32 Å². The predicted octanol–water partition coefficient (Wildman–Crippen LogP) is 8.77. The van der Waals surface area contributed by atoms with Gasteiger partial charge in [0.25, 0.3) is 0 Å². The van der Waals surface area contributed by atoms with Gasteiger partial charge in [0.05, 0.1) is 25.4 Å². The van der Waals surface area contributed by atoms with Crippen LogP contribution >= 0.6 is 0 Å². The second kappa shape index (κ2) is 36.7. The monoisotopic (exact) mass is 786 g/mol. The SMILES string of the molecule is CC/C=C\C/C=C\C/C=C\C/C=C\C/C=C\CCCCCC(=O)NC(COC1OC(CO)C(O)C(O)C1O)C(O)/C=C/CC/C=C/CCCCCCCCCC. The number of unbranched alkanes of at least 4 members (excludes halogenated alkanes) is 12. The zero-order valence-corrected chi connectivity index (χ0v) is 34.8. The largest absolute Gasteiger partial charge is 0.394 e. The molecule has 9 heteroatoms. The standard InChI is InChI=1S/C47H79NO8/c1-3-5-7-9-11-13-15-17-19-20-21-22-23-25-27-29-31-33-35-37-43(51)48-40(39-55-47-46(54)45(53)44(52)42(38-49)56-47)41(50)36-34-32-30-28-26-24-18-16-14-12-10-8-6-4-2/h5,7,11,13,17,19,21-22,25-28,34,36,40-42,44-47,49-50,52-54H,3-4,6,8-10,12,14-16,18,20,23-24,29-33,35,37-39H2,1-2H3,(H,48,51)/b7-5-,13-11-,19-17-,22-21-,27-25-,28-26+,36-34+. The summed E-state index contributed by atoms with van der Waals surface area (Å²) in [5.74, 6) is -0.223. The molecule has 0 aromatic carbocycles. The first-order valence-electron chi connectivity index (χ1n) is 21.8. The fraction of sp³-hybridized carbons (Fsp3) is 0.681. The number of carbonyl (C=O) groups excluding carboxylic acids is 1. The van der Waals surface area contributed by atoms with Crippen LogP contribution in [0.4, 0.5) is 0 Å². The van der Waals surface area contributed by atoms with E-state index in [1.807, 2.05) is 6.08 Å². The first-order chi connectivity index (χ1) is 27.3. The molecule has 1 fully saturated rings. The Hall–Kier alpha value is -2.63. The summed E-state index contributed by atoms with van der Waals surface area (Å²) < 4.78 is 11.2. The molecule has 7 atom stereocenters. The summed E-state index contributed by atoms with van der Waals surface area (Å²) in [6, 6.07) is -0.843. The van der Waals surface area contributed by atoms with Gasteiger partial charge in [0, 0.05) is 6.42 Å². The molecular weight excluding hydrogens is 707 g/mol. The number of nitrogens with one attached hydrogen (secondary N) is 1. The van der Waals surface area contributed by atoms with Crippen LogP contribution in [0, 0.1) is 0 Å². The quantitative estimate of drug-likeness (QED) is 0.0280. The van der Waals surface area contributed by atoms with E-state index < -0.39 is 49.5 Å². The Morgan fingerprint density at radius 1 is 0.625 bits per heavy atom. The zero-order valence-electron chi connectivity index (χ0n) is 34.8. The Labute approximate surface area is 340 Å². The number of hydrogen-bond donors (Lipinski definition) is 6. The first-order valence-corrected chi connectivity index (χ1v) is 21.8. The van der Waals surface area contributed by atoms with Gasteiger partial charge in [-0.2, -0.15) is 0 Å². The van der Waals surface area contributed by atoms with Crippen LogP contribution in [0.3, 0.4) is 0 Å². The molecule has 0 saturated carbocycles. The molecule has 0 spiro atoms. The summed E-state index contributed by atoms with van der Waals surface area (Å²) in [6.45, 7) is 3.59. The van der Waals surface area contributed by atoms with Gasteiger partial charge in [-0.15, -0.1) is 0 Å². The minimum atomic E-state index is -1.58. The predicted molar refractivity (Wildman–Crippen MR) is 230 cm³/mol. The summed E-state index contributed by atoms with van der Waals surface area (Å²) in [5.41, 5.74) is 0. The lowest BCUT2D eigenvalue weighted by Gasteiger charge is -2.40. The van der Waals surface area contributed by atoms with Crippen molar-refractivity contribution in [3.05, 3.63) is 85.1 Å². The number of rotatable bonds is 34.